The van der Waals surface area contributed by atoms with Gasteiger partial charge in [0, 0.05) is 11.3 Å². The molecule has 0 aliphatic rings. The number of nitrogens with zero attached hydrogens (tertiary/aromatic N) is 4. The molecule has 2 heterocycles. The second-order valence-corrected chi connectivity index (χ2v) is 4.34. The molecule has 2 N–H and O–H groups in total. The number of benzene rings is 1. The Hall–Kier alpha value is -2.43. The predicted octanol–water partition coefficient (Wildman–Crippen LogP) is 1.99. The summed E-state index contributed by atoms with van der Waals surface area (Å²) in [6.45, 7) is 3.91. The van der Waals surface area contributed by atoms with Crippen LogP contribution in [0, 0.1) is 13.8 Å². The van der Waals surface area contributed by atoms with Crippen molar-refractivity contribution in [3.8, 4) is 11.4 Å². The molecule has 0 saturated carbocycles. The molecule has 2 aromatic heterocycles. The van der Waals surface area contributed by atoms with Crippen molar-refractivity contribution < 1.29 is 0 Å². The Morgan fingerprint density at radius 2 is 1.89 bits per heavy atom. The van der Waals surface area contributed by atoms with Gasteiger partial charge in [-0.15, -0.1) is 10.2 Å². The van der Waals surface area contributed by atoms with Crippen LogP contribution >= 0.6 is 0 Å². The molecule has 0 bridgehead atoms. The number of hydrogen-bond donors (Lipinski definition) is 1. The molecule has 5 nitrogen and oxygen atoms in total. The van der Waals surface area contributed by atoms with E-state index >= 15 is 0 Å². The number of aromatic nitrogens is 4. The summed E-state index contributed by atoms with van der Waals surface area (Å²) in [5.74, 6) is 0.733. The molecule has 18 heavy (non-hydrogen) atoms. The summed E-state index contributed by atoms with van der Waals surface area (Å²) < 4.78 is 1.75. The van der Waals surface area contributed by atoms with Gasteiger partial charge in [-0.25, -0.2) is 0 Å². The molecular formula is C13H13N5. The largest absolute Gasteiger partial charge is 0.399 e. The predicted molar refractivity (Wildman–Crippen MR) is 70.1 cm³/mol. The third-order valence-electron chi connectivity index (χ3n) is 2.92. The van der Waals surface area contributed by atoms with Crippen LogP contribution in [-0.2, 0) is 0 Å². The van der Waals surface area contributed by atoms with E-state index < -0.39 is 0 Å². The fourth-order valence-electron chi connectivity index (χ4n) is 1.88. The molecule has 0 fully saturated rings. The lowest BCUT2D eigenvalue weighted by Crippen LogP contribution is -1.97. The summed E-state index contributed by atoms with van der Waals surface area (Å²) >= 11 is 0. The lowest BCUT2D eigenvalue weighted by atomic mass is 10.1. The van der Waals surface area contributed by atoms with E-state index in [0.717, 1.165) is 34.0 Å². The van der Waals surface area contributed by atoms with Crippen molar-refractivity contribution >= 4 is 11.3 Å². The first kappa shape index (κ1) is 10.7. The van der Waals surface area contributed by atoms with E-state index in [0.29, 0.717) is 0 Å². The molecule has 0 aliphatic carbocycles. The van der Waals surface area contributed by atoms with Crippen LogP contribution in [0.5, 0.6) is 0 Å². The van der Waals surface area contributed by atoms with Crippen molar-refractivity contribution in [2.45, 2.75) is 13.8 Å². The highest BCUT2D eigenvalue weighted by atomic mass is 15.4. The van der Waals surface area contributed by atoms with Gasteiger partial charge in [0.1, 0.15) is 0 Å². The van der Waals surface area contributed by atoms with Crippen molar-refractivity contribution in [2.75, 3.05) is 5.73 Å². The Morgan fingerprint density at radius 1 is 1.06 bits per heavy atom. The zero-order valence-corrected chi connectivity index (χ0v) is 10.3. The molecule has 0 saturated heterocycles. The van der Waals surface area contributed by atoms with E-state index in [1.807, 2.05) is 44.2 Å². The van der Waals surface area contributed by atoms with Gasteiger partial charge >= 0.3 is 0 Å². The van der Waals surface area contributed by atoms with Gasteiger partial charge in [0.2, 0.25) is 0 Å². The van der Waals surface area contributed by atoms with Crippen LogP contribution < -0.4 is 5.73 Å². The Balaban J connectivity index is 2.24. The van der Waals surface area contributed by atoms with Gasteiger partial charge in [-0.2, -0.15) is 9.61 Å². The molecule has 90 valence electrons. The molecule has 0 amide bonds. The molecule has 1 aromatic carbocycles. The van der Waals surface area contributed by atoms with Gasteiger partial charge in [0.15, 0.2) is 11.5 Å². The average Bonchev–Trinajstić information content (AvgIpc) is 2.75. The maximum atomic E-state index is 5.82. The van der Waals surface area contributed by atoms with Crippen LogP contribution in [0.2, 0.25) is 0 Å². The topological polar surface area (TPSA) is 69.1 Å². The molecular weight excluding hydrogens is 226 g/mol. The first-order valence-electron chi connectivity index (χ1n) is 5.71. The highest BCUT2D eigenvalue weighted by molar-refractivity contribution is 5.64. The third kappa shape index (κ3) is 1.60. The van der Waals surface area contributed by atoms with Gasteiger partial charge < -0.3 is 5.73 Å². The fraction of sp³-hybridized carbons (Fsp3) is 0.154. The van der Waals surface area contributed by atoms with Gasteiger partial charge in [0.05, 0.1) is 5.69 Å². The number of fused-ring (bicyclic) bond motifs is 1. The molecule has 3 aromatic rings. The highest BCUT2D eigenvalue weighted by Crippen LogP contribution is 2.21. The molecule has 0 spiro atoms. The number of hydrogen-bond acceptors (Lipinski definition) is 4. The molecule has 5 heteroatoms. The Labute approximate surface area is 104 Å². The van der Waals surface area contributed by atoms with Crippen molar-refractivity contribution in [3.63, 3.8) is 0 Å². The van der Waals surface area contributed by atoms with Crippen molar-refractivity contribution in [2.24, 2.45) is 0 Å². The van der Waals surface area contributed by atoms with E-state index in [2.05, 4.69) is 15.3 Å². The summed E-state index contributed by atoms with van der Waals surface area (Å²) in [6, 6.07) is 9.63. The van der Waals surface area contributed by atoms with Crippen molar-refractivity contribution in [3.05, 3.63) is 41.6 Å². The number of rotatable bonds is 1. The smallest absolute Gasteiger partial charge is 0.185 e. The van der Waals surface area contributed by atoms with Gasteiger partial charge in [-0.1, -0.05) is 0 Å². The monoisotopic (exact) mass is 239 g/mol. The normalized spacial score (nSPS) is 11.0. The standard InChI is InChI=1S/C13H13N5/c1-8-7-10(4-5-11(8)14)13-16-15-12-6-3-9(2)17-18(12)13/h3-7H,14H2,1-2H3. The van der Waals surface area contributed by atoms with E-state index in [1.54, 1.807) is 4.52 Å². The van der Waals surface area contributed by atoms with Gasteiger partial charge in [-0.05, 0) is 49.7 Å². The van der Waals surface area contributed by atoms with Crippen LogP contribution in [0.25, 0.3) is 17.0 Å². The maximum Gasteiger partial charge on any atom is 0.185 e. The van der Waals surface area contributed by atoms with E-state index in [-0.39, 0.29) is 0 Å². The third-order valence-corrected chi connectivity index (χ3v) is 2.92. The maximum absolute atomic E-state index is 5.82. The first-order valence-corrected chi connectivity index (χ1v) is 5.71. The van der Waals surface area contributed by atoms with Crippen LogP contribution in [0.3, 0.4) is 0 Å². The highest BCUT2D eigenvalue weighted by Gasteiger charge is 2.09. The summed E-state index contributed by atoms with van der Waals surface area (Å²) in [4.78, 5) is 0. The van der Waals surface area contributed by atoms with E-state index in [9.17, 15) is 0 Å². The first-order chi connectivity index (χ1) is 8.65. The average molecular weight is 239 g/mol. The van der Waals surface area contributed by atoms with Crippen LogP contribution in [0.15, 0.2) is 30.3 Å². The Bertz CT molecular complexity index is 729. The van der Waals surface area contributed by atoms with E-state index in [4.69, 9.17) is 5.73 Å². The molecule has 3 rings (SSSR count). The number of nitrogens with two attached hydrogens (primary N) is 1. The summed E-state index contributed by atoms with van der Waals surface area (Å²) in [7, 11) is 0. The van der Waals surface area contributed by atoms with Gasteiger partial charge in [-0.3, -0.25) is 0 Å². The van der Waals surface area contributed by atoms with Crippen molar-refractivity contribution in [1.29, 1.82) is 0 Å². The second kappa shape index (κ2) is 3.80. The minimum Gasteiger partial charge on any atom is -0.399 e. The van der Waals surface area contributed by atoms with Crippen molar-refractivity contribution in [1.82, 2.24) is 19.8 Å². The van der Waals surface area contributed by atoms with Crippen LogP contribution in [0.1, 0.15) is 11.3 Å². The van der Waals surface area contributed by atoms with Gasteiger partial charge in [0.25, 0.3) is 0 Å². The zero-order chi connectivity index (χ0) is 12.7. The fourth-order valence-corrected chi connectivity index (χ4v) is 1.88. The minimum absolute atomic E-state index is 0.733. The molecule has 0 aliphatic heterocycles. The summed E-state index contributed by atoms with van der Waals surface area (Å²) in [5, 5.41) is 12.7. The number of anilines is 1. The Kier molecular flexibility index (Phi) is 2.26. The lowest BCUT2D eigenvalue weighted by molar-refractivity contribution is 0.902. The summed E-state index contributed by atoms with van der Waals surface area (Å²) in [6.07, 6.45) is 0. The number of aryl methyl sites for hydroxylation is 2. The second-order valence-electron chi connectivity index (χ2n) is 4.34. The lowest BCUT2D eigenvalue weighted by Gasteiger charge is -2.03. The quantitative estimate of drug-likeness (QED) is 0.659. The zero-order valence-electron chi connectivity index (χ0n) is 10.3. The van der Waals surface area contributed by atoms with E-state index in [1.165, 1.54) is 0 Å². The summed E-state index contributed by atoms with van der Waals surface area (Å²) in [5.41, 5.74) is 10.3. The Morgan fingerprint density at radius 3 is 2.67 bits per heavy atom. The minimum atomic E-state index is 0.733. The van der Waals surface area contributed by atoms with Crippen LogP contribution in [-0.4, -0.2) is 19.8 Å². The van der Waals surface area contributed by atoms with Crippen LogP contribution in [0.4, 0.5) is 5.69 Å². The molecule has 0 radical (unpaired) electrons. The SMILES string of the molecule is Cc1ccc2nnc(-c3ccc(N)c(C)c3)n2n1. The molecule has 0 unspecified atom stereocenters. The number of nitrogen functional groups attached to an aromatic ring is 1. The molecule has 0 atom stereocenters.